The number of nitrogens with one attached hydrogen (secondary N) is 2. The van der Waals surface area contributed by atoms with Crippen molar-refractivity contribution in [1.82, 2.24) is 9.80 Å². The molecule has 31 heavy (non-hydrogen) atoms. The summed E-state index contributed by atoms with van der Waals surface area (Å²) >= 11 is 0. The number of rotatable bonds is 5. The zero-order valence-corrected chi connectivity index (χ0v) is 17.9. The molecule has 1 amide bonds. The summed E-state index contributed by atoms with van der Waals surface area (Å²) in [5.74, 6) is 0.726. The minimum Gasteiger partial charge on any atom is -0.460 e. The fourth-order valence-corrected chi connectivity index (χ4v) is 4.06. The molecule has 2 N–H and O–H groups in total. The Hall–Kier alpha value is -2.90. The number of piperazine rings is 1. The second kappa shape index (κ2) is 8.69. The van der Waals surface area contributed by atoms with Crippen LogP contribution in [-0.2, 0) is 16.1 Å². The molecule has 2 aromatic rings. The van der Waals surface area contributed by atoms with Gasteiger partial charge in [0, 0.05) is 43.1 Å². The summed E-state index contributed by atoms with van der Waals surface area (Å²) in [4.78, 5) is 21.5. The van der Waals surface area contributed by atoms with E-state index in [9.17, 15) is 4.79 Å². The number of amides is 1. The Balaban J connectivity index is 1.20. The highest BCUT2D eigenvalue weighted by molar-refractivity contribution is 5.94. The second-order valence-corrected chi connectivity index (χ2v) is 8.70. The second-order valence-electron chi connectivity index (χ2n) is 8.70. The van der Waals surface area contributed by atoms with Gasteiger partial charge in [-0.05, 0) is 61.7 Å². The molecule has 7 heteroatoms. The highest BCUT2D eigenvalue weighted by Gasteiger charge is 2.24. The van der Waals surface area contributed by atoms with E-state index in [1.807, 2.05) is 24.3 Å². The van der Waals surface area contributed by atoms with E-state index in [0.717, 1.165) is 48.8 Å². The minimum absolute atomic E-state index is 0.0163. The lowest BCUT2D eigenvalue weighted by atomic mass is 10.1. The number of amidine groups is 1. The quantitative estimate of drug-likeness (QED) is 0.778. The van der Waals surface area contributed by atoms with Crippen molar-refractivity contribution in [2.24, 2.45) is 4.99 Å². The maximum absolute atomic E-state index is 12.4. The Morgan fingerprint density at radius 1 is 1.10 bits per heavy atom. The third-order valence-electron chi connectivity index (χ3n) is 6.10. The molecule has 2 aliphatic heterocycles. The van der Waals surface area contributed by atoms with Crippen molar-refractivity contribution in [3.05, 3.63) is 53.6 Å². The lowest BCUT2D eigenvalue weighted by Gasteiger charge is -2.31. The summed E-state index contributed by atoms with van der Waals surface area (Å²) in [6.45, 7) is 4.71. The van der Waals surface area contributed by atoms with Gasteiger partial charge in [0.2, 0.25) is 5.91 Å². The predicted octanol–water partition coefficient (Wildman–Crippen LogP) is 3.38. The van der Waals surface area contributed by atoms with Crippen molar-refractivity contribution < 1.29 is 9.53 Å². The summed E-state index contributed by atoms with van der Waals surface area (Å²) in [6.07, 6.45) is 2.56. The number of likely N-dealkylation sites (N-methyl/N-ethyl adjacent to an activating group) is 1. The van der Waals surface area contributed by atoms with Crippen LogP contribution in [0.5, 0.6) is 0 Å². The van der Waals surface area contributed by atoms with Gasteiger partial charge in [-0.1, -0.05) is 12.1 Å². The number of carbonyl (C=O) groups is 1. The van der Waals surface area contributed by atoms with E-state index in [0.29, 0.717) is 25.1 Å². The molecule has 0 aromatic heterocycles. The minimum atomic E-state index is 0.0163. The van der Waals surface area contributed by atoms with Crippen LogP contribution in [0.3, 0.4) is 0 Å². The smallest absolute Gasteiger partial charge is 0.294 e. The summed E-state index contributed by atoms with van der Waals surface area (Å²) < 4.78 is 5.83. The molecule has 0 unspecified atom stereocenters. The number of hydrogen-bond donors (Lipinski definition) is 2. The average Bonchev–Trinajstić information content (AvgIpc) is 3.61. The maximum Gasteiger partial charge on any atom is 0.294 e. The molecule has 0 spiro atoms. The molecule has 0 bridgehead atoms. The molecule has 1 saturated carbocycles. The van der Waals surface area contributed by atoms with Gasteiger partial charge in [-0.25, -0.2) is 0 Å². The van der Waals surface area contributed by atoms with Crippen LogP contribution in [0.2, 0.25) is 0 Å². The monoisotopic (exact) mass is 419 g/mol. The largest absolute Gasteiger partial charge is 0.460 e. The highest BCUT2D eigenvalue weighted by Crippen LogP contribution is 2.40. The number of nitrogens with zero attached hydrogens (tertiary/aromatic N) is 3. The van der Waals surface area contributed by atoms with E-state index in [-0.39, 0.29) is 5.91 Å². The van der Waals surface area contributed by atoms with Crippen LogP contribution in [0.1, 0.15) is 29.9 Å². The van der Waals surface area contributed by atoms with E-state index in [1.165, 1.54) is 18.4 Å². The third-order valence-corrected chi connectivity index (χ3v) is 6.10. The predicted molar refractivity (Wildman–Crippen MR) is 123 cm³/mol. The third kappa shape index (κ3) is 5.06. The molecule has 2 fully saturated rings. The van der Waals surface area contributed by atoms with Gasteiger partial charge in [0.15, 0.2) is 0 Å². The molecule has 2 aromatic carbocycles. The lowest BCUT2D eigenvalue weighted by molar-refractivity contribution is -0.117. The molecule has 7 nitrogen and oxygen atoms in total. The van der Waals surface area contributed by atoms with Gasteiger partial charge in [0.1, 0.15) is 6.61 Å². The molecule has 162 valence electrons. The van der Waals surface area contributed by atoms with E-state index in [4.69, 9.17) is 4.74 Å². The molecule has 1 saturated heterocycles. The first kappa shape index (κ1) is 20.0. The summed E-state index contributed by atoms with van der Waals surface area (Å²) in [5, 5.41) is 6.30. The standard InChI is InChI=1S/C24H29N5O2/c1-28-9-11-29(12-10-28)15-23(30)25-21-7-8-22-19(14-21)16-31-24(27-22)26-20-4-2-3-18(13-20)17-5-6-17/h2-4,7-8,13-14,17H,5-6,9-12,15-16H2,1H3,(H,25,30)(H,26,27). The molecule has 3 aliphatic rings. The number of anilines is 2. The van der Waals surface area contributed by atoms with Gasteiger partial charge in [0.05, 0.1) is 12.2 Å². The van der Waals surface area contributed by atoms with E-state index < -0.39 is 0 Å². The Kier molecular flexibility index (Phi) is 5.61. The number of fused-ring (bicyclic) bond motifs is 1. The number of ether oxygens (including phenoxy) is 1. The maximum atomic E-state index is 12.4. The molecule has 5 rings (SSSR count). The molecule has 2 heterocycles. The average molecular weight is 420 g/mol. The van der Waals surface area contributed by atoms with Crippen LogP contribution in [0, 0.1) is 0 Å². The van der Waals surface area contributed by atoms with Gasteiger partial charge in [-0.15, -0.1) is 0 Å². The SMILES string of the molecule is CN1CCN(CC(=O)Nc2ccc3c(c2)COC(Nc2cccc(C4CC4)c2)=N3)CC1. The molecule has 0 atom stereocenters. The zero-order valence-electron chi connectivity index (χ0n) is 17.9. The molecular formula is C24H29N5O2. The van der Waals surface area contributed by atoms with Gasteiger partial charge in [0.25, 0.3) is 6.02 Å². The van der Waals surface area contributed by atoms with Crippen LogP contribution in [-0.4, -0.2) is 61.5 Å². The van der Waals surface area contributed by atoms with Gasteiger partial charge in [-0.2, -0.15) is 4.99 Å². The van der Waals surface area contributed by atoms with E-state index in [2.05, 4.69) is 50.7 Å². The summed E-state index contributed by atoms with van der Waals surface area (Å²) in [7, 11) is 2.11. The van der Waals surface area contributed by atoms with Crippen molar-refractivity contribution in [1.29, 1.82) is 0 Å². The van der Waals surface area contributed by atoms with Crippen LogP contribution in [0.15, 0.2) is 47.5 Å². The number of benzene rings is 2. The Labute approximate surface area is 183 Å². The molecule has 0 radical (unpaired) electrons. The fourth-order valence-electron chi connectivity index (χ4n) is 4.06. The Bertz CT molecular complexity index is 993. The molecule has 1 aliphatic carbocycles. The highest BCUT2D eigenvalue weighted by atomic mass is 16.5. The number of aliphatic imine (C=N–C) groups is 1. The summed E-state index contributed by atoms with van der Waals surface area (Å²) in [5.41, 5.74) is 4.99. The Morgan fingerprint density at radius 3 is 2.74 bits per heavy atom. The van der Waals surface area contributed by atoms with Gasteiger partial charge < -0.3 is 20.3 Å². The first-order valence-corrected chi connectivity index (χ1v) is 11.0. The van der Waals surface area contributed by atoms with Crippen LogP contribution >= 0.6 is 0 Å². The lowest BCUT2D eigenvalue weighted by Crippen LogP contribution is -2.47. The Morgan fingerprint density at radius 2 is 1.94 bits per heavy atom. The van der Waals surface area contributed by atoms with Crippen molar-refractivity contribution in [3.63, 3.8) is 0 Å². The normalized spacial score (nSPS) is 19.2. The molecular weight excluding hydrogens is 390 g/mol. The van der Waals surface area contributed by atoms with Crippen molar-refractivity contribution in [2.75, 3.05) is 50.4 Å². The van der Waals surface area contributed by atoms with Crippen molar-refractivity contribution in [2.45, 2.75) is 25.4 Å². The van der Waals surface area contributed by atoms with Crippen LogP contribution in [0.4, 0.5) is 17.1 Å². The first-order chi connectivity index (χ1) is 15.1. The van der Waals surface area contributed by atoms with Crippen LogP contribution < -0.4 is 10.6 Å². The first-order valence-electron chi connectivity index (χ1n) is 11.0. The van der Waals surface area contributed by atoms with Gasteiger partial charge in [-0.3, -0.25) is 9.69 Å². The summed E-state index contributed by atoms with van der Waals surface area (Å²) in [6, 6.07) is 14.8. The van der Waals surface area contributed by atoms with Gasteiger partial charge >= 0.3 is 0 Å². The zero-order chi connectivity index (χ0) is 21.2. The van der Waals surface area contributed by atoms with Crippen LogP contribution in [0.25, 0.3) is 0 Å². The van der Waals surface area contributed by atoms with E-state index >= 15 is 0 Å². The van der Waals surface area contributed by atoms with E-state index in [1.54, 1.807) is 0 Å². The fraction of sp³-hybridized carbons (Fsp3) is 0.417. The number of carbonyl (C=O) groups excluding carboxylic acids is 1. The number of hydrogen-bond acceptors (Lipinski definition) is 6. The van der Waals surface area contributed by atoms with Crippen molar-refractivity contribution >= 4 is 29.0 Å². The topological polar surface area (TPSA) is 69.2 Å². The van der Waals surface area contributed by atoms with Crippen molar-refractivity contribution in [3.8, 4) is 0 Å².